The fourth-order valence-electron chi connectivity index (χ4n) is 4.95. The Kier molecular flexibility index (Phi) is 6.82. The van der Waals surface area contributed by atoms with Crippen LogP contribution in [-0.4, -0.2) is 25.0 Å². The lowest BCUT2D eigenvalue weighted by molar-refractivity contribution is 0.0908. The van der Waals surface area contributed by atoms with Crippen LogP contribution in [0.5, 0.6) is 5.75 Å². The lowest BCUT2D eigenvalue weighted by atomic mass is 9.86. The number of ether oxygens (including phenoxy) is 1. The number of rotatable bonds is 5. The molecule has 2 amide bonds. The Balaban J connectivity index is 1.51. The molecule has 1 fully saturated rings. The lowest BCUT2D eigenvalue weighted by Crippen LogP contribution is -2.41. The molecule has 2 aliphatic rings. The fourth-order valence-corrected chi connectivity index (χ4v) is 6.01. The molecule has 0 aromatic heterocycles. The van der Waals surface area contributed by atoms with Crippen LogP contribution in [0.3, 0.4) is 0 Å². The summed E-state index contributed by atoms with van der Waals surface area (Å²) in [4.78, 5) is 30.7. The quantitative estimate of drug-likeness (QED) is 0.459. The molecule has 3 aromatic carbocycles. The van der Waals surface area contributed by atoms with Crippen LogP contribution >= 0.6 is 11.8 Å². The van der Waals surface area contributed by atoms with E-state index in [-0.39, 0.29) is 17.9 Å². The second-order valence-corrected chi connectivity index (χ2v) is 10.4. The zero-order valence-electron chi connectivity index (χ0n) is 20.1. The third kappa shape index (κ3) is 4.94. The predicted molar refractivity (Wildman–Crippen MR) is 139 cm³/mol. The number of fused-ring (bicyclic) bond motifs is 2. The number of hydrogen-bond acceptors (Lipinski definition) is 4. The number of methoxy groups -OCH3 is 1. The van der Waals surface area contributed by atoms with Gasteiger partial charge in [0.1, 0.15) is 5.75 Å². The number of nitrogens with zero attached hydrogens (tertiary/aromatic N) is 1. The molecular formula is C29H30N2O3S. The first-order chi connectivity index (χ1) is 17.0. The van der Waals surface area contributed by atoms with Crippen LogP contribution < -0.4 is 15.0 Å². The summed E-state index contributed by atoms with van der Waals surface area (Å²) >= 11 is 1.57. The monoisotopic (exact) mass is 486 g/mol. The first-order valence-electron chi connectivity index (χ1n) is 12.2. The Labute approximate surface area is 210 Å². The summed E-state index contributed by atoms with van der Waals surface area (Å²) in [6.45, 7) is 2.59. The van der Waals surface area contributed by atoms with Gasteiger partial charge in [-0.15, -0.1) is 0 Å². The molecule has 5 nitrogen and oxygen atoms in total. The largest absolute Gasteiger partial charge is 0.497 e. The van der Waals surface area contributed by atoms with Crippen molar-refractivity contribution in [3.63, 3.8) is 0 Å². The molecule has 6 heteroatoms. The predicted octanol–water partition coefficient (Wildman–Crippen LogP) is 6.32. The van der Waals surface area contributed by atoms with Crippen molar-refractivity contribution in [2.24, 2.45) is 5.92 Å². The van der Waals surface area contributed by atoms with E-state index in [1.807, 2.05) is 66.7 Å². The molecule has 180 valence electrons. The Hall–Kier alpha value is -3.25. The van der Waals surface area contributed by atoms with Gasteiger partial charge < -0.3 is 15.0 Å². The first-order valence-corrected chi connectivity index (χ1v) is 13.0. The summed E-state index contributed by atoms with van der Waals surface area (Å²) < 4.78 is 5.39. The molecule has 0 unspecified atom stereocenters. The summed E-state index contributed by atoms with van der Waals surface area (Å²) in [6.07, 6.45) is 4.54. The molecule has 3 aromatic rings. The highest BCUT2D eigenvalue weighted by atomic mass is 32.2. The zero-order chi connectivity index (χ0) is 24.4. The number of amides is 2. The Morgan fingerprint density at radius 1 is 1.03 bits per heavy atom. The minimum atomic E-state index is -0.0768. The first kappa shape index (κ1) is 23.5. The molecule has 35 heavy (non-hydrogen) atoms. The molecule has 1 N–H and O–H groups in total. The molecule has 5 rings (SSSR count). The van der Waals surface area contributed by atoms with Crippen molar-refractivity contribution in [1.82, 2.24) is 5.32 Å². The maximum Gasteiger partial charge on any atom is 0.259 e. The van der Waals surface area contributed by atoms with Gasteiger partial charge >= 0.3 is 0 Å². The van der Waals surface area contributed by atoms with Crippen molar-refractivity contribution in [2.75, 3.05) is 12.0 Å². The van der Waals surface area contributed by atoms with Crippen molar-refractivity contribution in [3.8, 4) is 5.75 Å². The van der Waals surface area contributed by atoms with Crippen molar-refractivity contribution in [2.45, 2.75) is 55.0 Å². The van der Waals surface area contributed by atoms with E-state index in [0.29, 0.717) is 23.6 Å². The van der Waals surface area contributed by atoms with Gasteiger partial charge in [-0.25, -0.2) is 0 Å². The number of nitrogens with one attached hydrogen (secondary N) is 1. The Bertz CT molecular complexity index is 1260. The number of carbonyl (C=O) groups is 2. The Morgan fingerprint density at radius 2 is 1.86 bits per heavy atom. The van der Waals surface area contributed by atoms with Crippen LogP contribution in [0.4, 0.5) is 5.69 Å². The summed E-state index contributed by atoms with van der Waals surface area (Å²) in [5.41, 5.74) is 2.96. The van der Waals surface area contributed by atoms with Crippen LogP contribution in [0.15, 0.2) is 76.5 Å². The van der Waals surface area contributed by atoms with Crippen molar-refractivity contribution >= 4 is 29.3 Å². The highest BCUT2D eigenvalue weighted by Gasteiger charge is 2.29. The van der Waals surface area contributed by atoms with E-state index in [9.17, 15) is 9.59 Å². The Morgan fingerprint density at radius 3 is 2.69 bits per heavy atom. The van der Waals surface area contributed by atoms with Crippen LogP contribution in [0, 0.1) is 5.92 Å². The highest BCUT2D eigenvalue weighted by molar-refractivity contribution is 7.99. The SMILES string of the molecule is COc1cccc(CN2C(=O)c3ccccc3Sc3ccc(C(=O)N[C@H]4CCCC[C@H]4C)cc32)c1. The van der Waals surface area contributed by atoms with Gasteiger partial charge in [0.2, 0.25) is 0 Å². The van der Waals surface area contributed by atoms with Gasteiger partial charge in [-0.3, -0.25) is 9.59 Å². The molecule has 1 aliphatic heterocycles. The van der Waals surface area contributed by atoms with E-state index in [0.717, 1.165) is 46.1 Å². The maximum atomic E-state index is 13.8. The van der Waals surface area contributed by atoms with Crippen molar-refractivity contribution in [1.29, 1.82) is 0 Å². The maximum absolute atomic E-state index is 13.8. The zero-order valence-corrected chi connectivity index (χ0v) is 20.9. The average Bonchev–Trinajstić information content (AvgIpc) is 2.99. The third-order valence-electron chi connectivity index (χ3n) is 7.00. The molecule has 0 radical (unpaired) electrons. The number of hydrogen-bond donors (Lipinski definition) is 1. The summed E-state index contributed by atoms with van der Waals surface area (Å²) in [7, 11) is 1.64. The lowest BCUT2D eigenvalue weighted by Gasteiger charge is -2.29. The van der Waals surface area contributed by atoms with Gasteiger partial charge in [-0.2, -0.15) is 0 Å². The van der Waals surface area contributed by atoms with Gasteiger partial charge in [0, 0.05) is 21.4 Å². The molecule has 0 saturated heterocycles. The third-order valence-corrected chi connectivity index (χ3v) is 8.14. The van der Waals surface area contributed by atoms with E-state index < -0.39 is 0 Å². The number of benzene rings is 3. The van der Waals surface area contributed by atoms with E-state index in [1.54, 1.807) is 23.8 Å². The summed E-state index contributed by atoms with van der Waals surface area (Å²) in [5.74, 6) is 1.07. The van der Waals surface area contributed by atoms with Crippen LogP contribution in [0.25, 0.3) is 0 Å². The van der Waals surface area contributed by atoms with E-state index in [1.165, 1.54) is 6.42 Å². The van der Waals surface area contributed by atoms with Crippen molar-refractivity contribution < 1.29 is 14.3 Å². The smallest absolute Gasteiger partial charge is 0.259 e. The van der Waals surface area contributed by atoms with Crippen LogP contribution in [0.1, 0.15) is 58.9 Å². The molecule has 0 spiro atoms. The minimum absolute atomic E-state index is 0.0758. The second-order valence-electron chi connectivity index (χ2n) is 9.37. The highest BCUT2D eigenvalue weighted by Crippen LogP contribution is 2.42. The molecule has 1 aliphatic carbocycles. The second kappa shape index (κ2) is 10.2. The van der Waals surface area contributed by atoms with Crippen LogP contribution in [-0.2, 0) is 6.54 Å². The average molecular weight is 487 g/mol. The number of carbonyl (C=O) groups excluding carboxylic acids is 2. The van der Waals surface area contributed by atoms with Crippen LogP contribution in [0.2, 0.25) is 0 Å². The van der Waals surface area contributed by atoms with Gasteiger partial charge in [-0.1, -0.05) is 55.8 Å². The molecule has 1 heterocycles. The molecular weight excluding hydrogens is 456 g/mol. The molecule has 2 atom stereocenters. The van der Waals surface area contributed by atoms with E-state index in [2.05, 4.69) is 12.2 Å². The number of anilines is 1. The molecule has 1 saturated carbocycles. The van der Waals surface area contributed by atoms with Gasteiger partial charge in [0.15, 0.2) is 0 Å². The van der Waals surface area contributed by atoms with E-state index >= 15 is 0 Å². The van der Waals surface area contributed by atoms with E-state index in [4.69, 9.17) is 4.74 Å². The van der Waals surface area contributed by atoms with Gasteiger partial charge in [0.05, 0.1) is 24.9 Å². The summed E-state index contributed by atoms with van der Waals surface area (Å²) in [6, 6.07) is 21.3. The minimum Gasteiger partial charge on any atom is -0.497 e. The topological polar surface area (TPSA) is 58.6 Å². The van der Waals surface area contributed by atoms with Crippen molar-refractivity contribution in [3.05, 3.63) is 83.4 Å². The van der Waals surface area contributed by atoms with Gasteiger partial charge in [-0.05, 0) is 66.8 Å². The molecule has 0 bridgehead atoms. The fraction of sp³-hybridized carbons (Fsp3) is 0.310. The standard InChI is InChI=1S/C29H30N2O3S/c1-19-8-3-5-12-24(19)30-28(32)21-14-15-27-25(17-21)31(18-20-9-7-10-22(16-20)34-2)29(33)23-11-4-6-13-26(23)35-27/h4,6-7,9-11,13-17,19,24H,3,5,8,12,18H2,1-2H3,(H,30,32)/t19-,24+/m1/s1. The normalized spacial score (nSPS) is 19.4. The van der Waals surface area contributed by atoms with Gasteiger partial charge in [0.25, 0.3) is 11.8 Å². The summed E-state index contributed by atoms with van der Waals surface area (Å²) in [5, 5.41) is 3.25.